The molecule has 0 radical (unpaired) electrons. The molecule has 1 rings (SSSR count). The monoisotopic (exact) mass is 182 g/mol. The lowest BCUT2D eigenvalue weighted by atomic mass is 10.0. The van der Waals surface area contributed by atoms with Crippen LogP contribution in [0.3, 0.4) is 0 Å². The number of rotatable bonds is 5. The number of aromatic nitrogens is 1. The van der Waals surface area contributed by atoms with Crippen molar-refractivity contribution in [2.75, 3.05) is 6.54 Å². The molecule has 1 unspecified atom stereocenters. The van der Waals surface area contributed by atoms with Crippen molar-refractivity contribution >= 4 is 0 Å². The first-order chi connectivity index (χ1) is 6.14. The van der Waals surface area contributed by atoms with Crippen LogP contribution in [-0.2, 0) is 6.54 Å². The number of H-pyrrole nitrogens is 1. The minimum atomic E-state index is -0.587. The predicted octanol–water partition coefficient (Wildman–Crippen LogP) is 1.27. The van der Waals surface area contributed by atoms with Crippen molar-refractivity contribution in [1.82, 2.24) is 10.3 Å². The first-order valence-electron chi connectivity index (χ1n) is 4.69. The van der Waals surface area contributed by atoms with Crippen molar-refractivity contribution in [3.63, 3.8) is 0 Å². The molecule has 0 aliphatic rings. The average molecular weight is 182 g/mol. The zero-order valence-electron chi connectivity index (χ0n) is 8.30. The third kappa shape index (κ3) is 3.61. The quantitative estimate of drug-likeness (QED) is 0.642. The highest BCUT2D eigenvalue weighted by molar-refractivity contribution is 5.07. The van der Waals surface area contributed by atoms with Crippen molar-refractivity contribution in [3.8, 4) is 0 Å². The molecule has 1 atom stereocenters. The normalized spacial score (nSPS) is 15.6. The maximum atomic E-state index is 9.68. The van der Waals surface area contributed by atoms with Crippen molar-refractivity contribution in [2.45, 2.75) is 32.4 Å². The minimum Gasteiger partial charge on any atom is -0.389 e. The molecule has 1 aromatic rings. The lowest BCUT2D eigenvalue weighted by Gasteiger charge is -2.21. The van der Waals surface area contributed by atoms with Gasteiger partial charge in [0.2, 0.25) is 0 Å². The summed E-state index contributed by atoms with van der Waals surface area (Å²) in [6.07, 6.45) is 4.62. The molecule has 0 amide bonds. The molecule has 0 fully saturated rings. The molecule has 0 bridgehead atoms. The van der Waals surface area contributed by atoms with E-state index in [0.29, 0.717) is 6.54 Å². The highest BCUT2D eigenvalue weighted by Crippen LogP contribution is 2.06. The van der Waals surface area contributed by atoms with Crippen LogP contribution in [-0.4, -0.2) is 22.2 Å². The highest BCUT2D eigenvalue weighted by atomic mass is 16.3. The van der Waals surface area contributed by atoms with E-state index in [2.05, 4.69) is 10.3 Å². The molecule has 74 valence electrons. The maximum absolute atomic E-state index is 9.68. The van der Waals surface area contributed by atoms with Crippen molar-refractivity contribution < 1.29 is 5.11 Å². The predicted molar refractivity (Wildman–Crippen MR) is 53.4 cm³/mol. The summed E-state index contributed by atoms with van der Waals surface area (Å²) in [6, 6.07) is 2.02. The summed E-state index contributed by atoms with van der Waals surface area (Å²) in [5.41, 5.74) is 0.628. The van der Waals surface area contributed by atoms with Gasteiger partial charge in [0.05, 0.1) is 5.60 Å². The summed E-state index contributed by atoms with van der Waals surface area (Å²) >= 11 is 0. The third-order valence-electron chi connectivity index (χ3n) is 2.26. The van der Waals surface area contributed by atoms with E-state index in [1.165, 1.54) is 5.56 Å². The lowest BCUT2D eigenvalue weighted by molar-refractivity contribution is 0.0556. The number of aliphatic hydroxyl groups is 1. The standard InChI is InChI=1S/C10H18N2O/c1-3-10(2,13)8-12-7-9-4-5-11-6-9/h4-6,11-13H,3,7-8H2,1-2H3. The first kappa shape index (κ1) is 10.3. The summed E-state index contributed by atoms with van der Waals surface area (Å²) in [4.78, 5) is 2.99. The Labute approximate surface area is 79.2 Å². The molecule has 0 spiro atoms. The van der Waals surface area contributed by atoms with E-state index in [9.17, 15) is 5.11 Å². The molecule has 0 aliphatic carbocycles. The van der Waals surface area contributed by atoms with Gasteiger partial charge >= 0.3 is 0 Å². The van der Waals surface area contributed by atoms with Gasteiger partial charge in [0.15, 0.2) is 0 Å². The van der Waals surface area contributed by atoms with E-state index in [1.54, 1.807) is 0 Å². The van der Waals surface area contributed by atoms with Crippen molar-refractivity contribution in [1.29, 1.82) is 0 Å². The summed E-state index contributed by atoms with van der Waals surface area (Å²) in [7, 11) is 0. The fourth-order valence-electron chi connectivity index (χ4n) is 1.07. The zero-order valence-corrected chi connectivity index (χ0v) is 8.30. The SMILES string of the molecule is CCC(C)(O)CNCc1cc[nH]c1. The molecule has 3 heteroatoms. The Morgan fingerprint density at radius 2 is 2.38 bits per heavy atom. The maximum Gasteiger partial charge on any atom is 0.0741 e. The van der Waals surface area contributed by atoms with E-state index in [-0.39, 0.29) is 0 Å². The molecule has 1 heterocycles. The van der Waals surface area contributed by atoms with E-state index in [1.807, 2.05) is 32.3 Å². The second-order valence-electron chi connectivity index (χ2n) is 3.67. The Hall–Kier alpha value is -0.800. The molecule has 0 saturated carbocycles. The van der Waals surface area contributed by atoms with Gasteiger partial charge in [0.1, 0.15) is 0 Å². The summed E-state index contributed by atoms with van der Waals surface area (Å²) in [5.74, 6) is 0. The number of hydrogen-bond acceptors (Lipinski definition) is 2. The second-order valence-corrected chi connectivity index (χ2v) is 3.67. The van der Waals surface area contributed by atoms with Gasteiger partial charge in [0, 0.05) is 25.5 Å². The van der Waals surface area contributed by atoms with Crippen LogP contribution in [0.4, 0.5) is 0 Å². The molecule has 0 aliphatic heterocycles. The highest BCUT2D eigenvalue weighted by Gasteiger charge is 2.15. The number of aromatic amines is 1. The van der Waals surface area contributed by atoms with Gasteiger partial charge in [-0.15, -0.1) is 0 Å². The van der Waals surface area contributed by atoms with E-state index in [4.69, 9.17) is 0 Å². The lowest BCUT2D eigenvalue weighted by Crippen LogP contribution is -2.36. The average Bonchev–Trinajstić information content (AvgIpc) is 2.57. The third-order valence-corrected chi connectivity index (χ3v) is 2.26. The van der Waals surface area contributed by atoms with Crippen molar-refractivity contribution in [2.24, 2.45) is 0 Å². The van der Waals surface area contributed by atoms with Crippen LogP contribution in [0.15, 0.2) is 18.5 Å². The van der Waals surface area contributed by atoms with E-state index >= 15 is 0 Å². The molecule has 3 nitrogen and oxygen atoms in total. The van der Waals surface area contributed by atoms with E-state index < -0.39 is 5.60 Å². The Morgan fingerprint density at radius 1 is 1.62 bits per heavy atom. The fourth-order valence-corrected chi connectivity index (χ4v) is 1.07. The van der Waals surface area contributed by atoms with Crippen molar-refractivity contribution in [3.05, 3.63) is 24.0 Å². The van der Waals surface area contributed by atoms with Gasteiger partial charge in [-0.3, -0.25) is 0 Å². The summed E-state index contributed by atoms with van der Waals surface area (Å²) < 4.78 is 0. The van der Waals surface area contributed by atoms with Gasteiger partial charge < -0.3 is 15.4 Å². The topological polar surface area (TPSA) is 48.0 Å². The largest absolute Gasteiger partial charge is 0.389 e. The van der Waals surface area contributed by atoms with Gasteiger partial charge in [-0.2, -0.15) is 0 Å². The van der Waals surface area contributed by atoms with Crippen LogP contribution >= 0.6 is 0 Å². The van der Waals surface area contributed by atoms with Crippen LogP contribution in [0.1, 0.15) is 25.8 Å². The molecule has 3 N–H and O–H groups in total. The van der Waals surface area contributed by atoms with Gasteiger partial charge in [-0.05, 0) is 25.0 Å². The molecule has 0 saturated heterocycles. The van der Waals surface area contributed by atoms with Gasteiger partial charge in [-0.25, -0.2) is 0 Å². The molecular weight excluding hydrogens is 164 g/mol. The smallest absolute Gasteiger partial charge is 0.0741 e. The molecule has 0 aromatic carbocycles. The minimum absolute atomic E-state index is 0.587. The van der Waals surface area contributed by atoms with Crippen LogP contribution in [0.25, 0.3) is 0 Å². The van der Waals surface area contributed by atoms with Gasteiger partial charge in [-0.1, -0.05) is 6.92 Å². The Balaban J connectivity index is 2.21. The molecule has 1 aromatic heterocycles. The van der Waals surface area contributed by atoms with Crippen LogP contribution in [0, 0.1) is 0 Å². The summed E-state index contributed by atoms with van der Waals surface area (Å²) in [6.45, 7) is 5.27. The van der Waals surface area contributed by atoms with Gasteiger partial charge in [0.25, 0.3) is 0 Å². The van der Waals surface area contributed by atoms with E-state index in [0.717, 1.165) is 13.0 Å². The Morgan fingerprint density at radius 3 is 2.92 bits per heavy atom. The molecule has 13 heavy (non-hydrogen) atoms. The van der Waals surface area contributed by atoms with Crippen LogP contribution in [0.2, 0.25) is 0 Å². The van der Waals surface area contributed by atoms with Crippen LogP contribution in [0.5, 0.6) is 0 Å². The number of nitrogens with one attached hydrogen (secondary N) is 2. The van der Waals surface area contributed by atoms with Crippen LogP contribution < -0.4 is 5.32 Å². The number of hydrogen-bond donors (Lipinski definition) is 3. The Bertz CT molecular complexity index is 229. The summed E-state index contributed by atoms with van der Waals surface area (Å²) in [5, 5.41) is 12.9. The first-order valence-corrected chi connectivity index (χ1v) is 4.69. The molecular formula is C10H18N2O. The second kappa shape index (κ2) is 4.44. The zero-order chi connectivity index (χ0) is 9.73. The fraction of sp³-hybridized carbons (Fsp3) is 0.600. The Kier molecular flexibility index (Phi) is 3.51.